The molecule has 1 spiro atoms. The molecule has 0 atom stereocenters. The van der Waals surface area contributed by atoms with Crippen LogP contribution in [0, 0.1) is 10.8 Å². The van der Waals surface area contributed by atoms with Gasteiger partial charge in [-0.25, -0.2) is 14.6 Å². The molecule has 192 valence electrons. The summed E-state index contributed by atoms with van der Waals surface area (Å²) >= 11 is 0. The smallest absolute Gasteiger partial charge is 0.397 e. The van der Waals surface area contributed by atoms with Crippen molar-refractivity contribution in [2.24, 2.45) is 10.8 Å². The molecule has 5 fully saturated rings. The Bertz CT molecular complexity index is 1190. The lowest BCUT2D eigenvalue weighted by Crippen LogP contribution is -2.63. The molecule has 2 aromatic rings. The third-order valence-electron chi connectivity index (χ3n) is 8.66. The number of hydrogen-bond acceptors (Lipinski definition) is 6. The minimum atomic E-state index is -4.29. The molecule has 1 amide bonds. The topological polar surface area (TPSA) is 82.4 Å². The van der Waals surface area contributed by atoms with Crippen molar-refractivity contribution < 1.29 is 27.4 Å². The summed E-state index contributed by atoms with van der Waals surface area (Å²) in [5.74, 6) is 1.55. The van der Waals surface area contributed by atoms with Gasteiger partial charge in [0.2, 0.25) is 5.88 Å². The third kappa shape index (κ3) is 3.69. The summed E-state index contributed by atoms with van der Waals surface area (Å²) in [4.78, 5) is 23.7. The lowest BCUT2D eigenvalue weighted by atomic mass is 9.60. The Morgan fingerprint density at radius 3 is 2.50 bits per heavy atom. The molecule has 36 heavy (non-hydrogen) atoms. The normalized spacial score (nSPS) is 24.7. The summed E-state index contributed by atoms with van der Waals surface area (Å²) in [6.45, 7) is 1.83. The van der Waals surface area contributed by atoms with Crippen LogP contribution in [-0.4, -0.2) is 69.6 Å². The summed E-state index contributed by atoms with van der Waals surface area (Å²) in [7, 11) is 0. The van der Waals surface area contributed by atoms with Crippen LogP contribution in [0.25, 0.3) is 0 Å². The molecule has 3 saturated carbocycles. The van der Waals surface area contributed by atoms with Crippen LogP contribution in [0.15, 0.2) is 18.6 Å². The summed E-state index contributed by atoms with van der Waals surface area (Å²) < 4.78 is 52.8. The SMILES string of the molecule is O=C(c1cnc(OCC2(C(F)(F)F)CC2)c(C2COC2)c1)N1CC2(CC(n3cnc(C4CC4)n3)C2)C1. The number of carbonyl (C=O) groups excluding carboxylic acids is 1. The molecule has 0 N–H and O–H groups in total. The van der Waals surface area contributed by atoms with Crippen molar-refractivity contribution in [3.05, 3.63) is 35.5 Å². The fraction of sp³-hybridized carbons (Fsp3) is 0.680. The van der Waals surface area contributed by atoms with E-state index in [-0.39, 0.29) is 36.0 Å². The number of halogens is 3. The molecule has 11 heteroatoms. The zero-order chi connectivity index (χ0) is 24.7. The maximum atomic E-state index is 13.3. The van der Waals surface area contributed by atoms with Crippen LogP contribution >= 0.6 is 0 Å². The Hall–Kier alpha value is -2.69. The van der Waals surface area contributed by atoms with Crippen LogP contribution in [0.4, 0.5) is 13.2 Å². The van der Waals surface area contributed by atoms with Crippen LogP contribution in [-0.2, 0) is 4.74 Å². The first-order valence-electron chi connectivity index (χ1n) is 12.7. The van der Waals surface area contributed by atoms with E-state index in [0.717, 1.165) is 18.7 Å². The number of aromatic nitrogens is 4. The summed E-state index contributed by atoms with van der Waals surface area (Å²) in [5, 5.41) is 4.65. The van der Waals surface area contributed by atoms with E-state index in [9.17, 15) is 18.0 Å². The van der Waals surface area contributed by atoms with E-state index in [1.54, 1.807) is 6.07 Å². The molecule has 4 heterocycles. The second kappa shape index (κ2) is 7.66. The number of hydrogen-bond donors (Lipinski definition) is 0. The number of rotatable bonds is 7. The van der Waals surface area contributed by atoms with Gasteiger partial charge in [-0.1, -0.05) is 0 Å². The Labute approximate surface area is 206 Å². The summed E-state index contributed by atoms with van der Waals surface area (Å²) in [5.41, 5.74) is -0.531. The molecule has 2 aliphatic heterocycles. The van der Waals surface area contributed by atoms with Gasteiger partial charge in [0.1, 0.15) is 18.3 Å². The monoisotopic (exact) mass is 503 g/mol. The van der Waals surface area contributed by atoms with Crippen LogP contribution in [0.2, 0.25) is 0 Å². The van der Waals surface area contributed by atoms with Gasteiger partial charge in [-0.2, -0.15) is 18.3 Å². The zero-order valence-electron chi connectivity index (χ0n) is 19.8. The zero-order valence-corrected chi connectivity index (χ0v) is 19.8. The first-order chi connectivity index (χ1) is 17.2. The molecule has 0 unspecified atom stereocenters. The second-order valence-corrected chi connectivity index (χ2v) is 11.5. The molecule has 0 bridgehead atoms. The number of amides is 1. The largest absolute Gasteiger partial charge is 0.477 e. The molecule has 7 rings (SSSR count). The molecule has 8 nitrogen and oxygen atoms in total. The Morgan fingerprint density at radius 1 is 1.14 bits per heavy atom. The quantitative estimate of drug-likeness (QED) is 0.571. The maximum Gasteiger partial charge on any atom is 0.397 e. The van der Waals surface area contributed by atoms with Gasteiger partial charge in [-0.15, -0.1) is 0 Å². The predicted octanol–water partition coefficient (Wildman–Crippen LogP) is 3.86. The molecule has 2 saturated heterocycles. The van der Waals surface area contributed by atoms with Gasteiger partial charge >= 0.3 is 6.18 Å². The number of ether oxygens (including phenoxy) is 2. The first-order valence-corrected chi connectivity index (χ1v) is 12.7. The van der Waals surface area contributed by atoms with Crippen LogP contribution in [0.5, 0.6) is 5.88 Å². The number of pyridine rings is 1. The van der Waals surface area contributed by atoms with Crippen molar-refractivity contribution in [3.8, 4) is 5.88 Å². The Balaban J connectivity index is 0.990. The highest BCUT2D eigenvalue weighted by Gasteiger charge is 2.64. The molecule has 5 aliphatic rings. The third-order valence-corrected chi connectivity index (χ3v) is 8.66. The van der Waals surface area contributed by atoms with Gasteiger partial charge < -0.3 is 14.4 Å². The number of carbonyl (C=O) groups is 1. The minimum absolute atomic E-state index is 0.0281. The Kier molecular flexibility index (Phi) is 4.79. The lowest BCUT2D eigenvalue weighted by Gasteiger charge is -2.58. The highest BCUT2D eigenvalue weighted by Crippen LogP contribution is 2.58. The number of likely N-dealkylation sites (tertiary alicyclic amines) is 1. The van der Waals surface area contributed by atoms with Crippen LogP contribution in [0.1, 0.15) is 78.1 Å². The van der Waals surface area contributed by atoms with E-state index in [2.05, 4.69) is 15.1 Å². The average molecular weight is 504 g/mol. The van der Waals surface area contributed by atoms with Crippen LogP contribution < -0.4 is 4.74 Å². The van der Waals surface area contributed by atoms with E-state index in [4.69, 9.17) is 9.47 Å². The molecule has 3 aliphatic carbocycles. The lowest BCUT2D eigenvalue weighted by molar-refractivity contribution is -0.194. The van der Waals surface area contributed by atoms with Crippen molar-refractivity contribution in [3.63, 3.8) is 0 Å². The van der Waals surface area contributed by atoms with E-state index in [1.165, 1.54) is 19.0 Å². The highest BCUT2D eigenvalue weighted by molar-refractivity contribution is 5.95. The highest BCUT2D eigenvalue weighted by atomic mass is 19.4. The van der Waals surface area contributed by atoms with Crippen molar-refractivity contribution in [1.82, 2.24) is 24.6 Å². The number of nitrogens with zero attached hydrogens (tertiary/aromatic N) is 5. The summed E-state index contributed by atoms with van der Waals surface area (Å²) in [6.07, 6.45) is 3.47. The van der Waals surface area contributed by atoms with E-state index >= 15 is 0 Å². The predicted molar refractivity (Wildman–Crippen MR) is 120 cm³/mol. The fourth-order valence-corrected chi connectivity index (χ4v) is 5.75. The van der Waals surface area contributed by atoms with E-state index in [1.807, 2.05) is 15.9 Å². The van der Waals surface area contributed by atoms with Crippen molar-refractivity contribution in [2.75, 3.05) is 32.9 Å². The number of alkyl halides is 3. The van der Waals surface area contributed by atoms with Gasteiger partial charge in [0.05, 0.1) is 24.8 Å². The molecule has 0 aromatic carbocycles. The van der Waals surface area contributed by atoms with E-state index < -0.39 is 18.2 Å². The van der Waals surface area contributed by atoms with Crippen LogP contribution in [0.3, 0.4) is 0 Å². The van der Waals surface area contributed by atoms with Gasteiger partial charge in [-0.3, -0.25) is 4.79 Å². The molecule has 0 radical (unpaired) electrons. The molecule has 2 aromatic heterocycles. The standard InChI is InChI=1S/C25H28F3N5O3/c26-25(27,28)24(3-4-24)13-36-21-19(17-9-35-10-17)5-16(8-29-21)22(34)32-11-23(12-32)6-18(7-23)33-14-30-20(31-33)15-1-2-15/h5,8,14-15,17-18H,1-4,6-7,9-13H2. The van der Waals surface area contributed by atoms with Gasteiger partial charge in [0, 0.05) is 42.1 Å². The summed E-state index contributed by atoms with van der Waals surface area (Å²) in [6, 6.07) is 2.08. The van der Waals surface area contributed by atoms with Gasteiger partial charge in [-0.05, 0) is 44.6 Å². The van der Waals surface area contributed by atoms with E-state index in [0.29, 0.717) is 49.4 Å². The minimum Gasteiger partial charge on any atom is -0.477 e. The van der Waals surface area contributed by atoms with Crippen molar-refractivity contribution in [2.45, 2.75) is 62.6 Å². The second-order valence-electron chi connectivity index (χ2n) is 11.5. The van der Waals surface area contributed by atoms with Gasteiger partial charge in [0.25, 0.3) is 5.91 Å². The Morgan fingerprint density at radius 2 is 1.89 bits per heavy atom. The van der Waals surface area contributed by atoms with Gasteiger partial charge in [0.15, 0.2) is 5.82 Å². The molecular formula is C25H28F3N5O3. The molecular weight excluding hydrogens is 475 g/mol. The average Bonchev–Trinajstić information content (AvgIpc) is 3.68. The van der Waals surface area contributed by atoms with Crippen molar-refractivity contribution in [1.29, 1.82) is 0 Å². The van der Waals surface area contributed by atoms with Crippen molar-refractivity contribution >= 4 is 5.91 Å². The first kappa shape index (κ1) is 22.5. The fourth-order valence-electron chi connectivity index (χ4n) is 5.75. The maximum absolute atomic E-state index is 13.3.